The number of aliphatic hydroxyl groups is 2. The van der Waals surface area contributed by atoms with E-state index in [1.54, 1.807) is 14.2 Å². The normalized spacial score (nSPS) is 54.9. The number of hydrogen-bond donors (Lipinski definition) is 2. The molecule has 10 unspecified atom stereocenters. The van der Waals surface area contributed by atoms with E-state index in [4.69, 9.17) is 9.47 Å². The molecule has 0 aromatic carbocycles. The van der Waals surface area contributed by atoms with Crippen molar-refractivity contribution >= 4 is 0 Å². The van der Waals surface area contributed by atoms with Crippen LogP contribution in [-0.4, -0.2) is 73.4 Å². The van der Waals surface area contributed by atoms with Crippen molar-refractivity contribution in [2.75, 3.05) is 27.8 Å². The van der Waals surface area contributed by atoms with Gasteiger partial charge in [0.1, 0.15) is 0 Å². The van der Waals surface area contributed by atoms with Gasteiger partial charge in [0.05, 0.1) is 24.4 Å². The first-order valence-corrected chi connectivity index (χ1v) is 9.67. The molecule has 0 amide bonds. The minimum Gasteiger partial charge on any atom is -0.390 e. The third kappa shape index (κ3) is 2.55. The van der Waals surface area contributed by atoms with E-state index in [1.807, 2.05) is 0 Å². The lowest BCUT2D eigenvalue weighted by Gasteiger charge is -2.61. The molecule has 1 heterocycles. The third-order valence-corrected chi connectivity index (χ3v) is 7.85. The van der Waals surface area contributed by atoms with Gasteiger partial charge in [0, 0.05) is 20.3 Å². The Bertz CT molecular complexity index is 461. The standard InChI is InChI=1S/C19H33NO4/c1-20-5-4-10-7-15(22)19(24-3)18-12-9-16(23-2)14(21)8-11(12)6-13(20)17(10)18/h10-19,21-22H,4-9H2,1-3H3. The first-order valence-electron chi connectivity index (χ1n) is 9.67. The molecule has 5 heteroatoms. The van der Waals surface area contributed by atoms with Gasteiger partial charge in [-0.1, -0.05) is 0 Å². The van der Waals surface area contributed by atoms with Crippen molar-refractivity contribution < 1.29 is 19.7 Å². The quantitative estimate of drug-likeness (QED) is 0.790. The first-order chi connectivity index (χ1) is 11.5. The molecule has 4 rings (SSSR count). The molecule has 0 aromatic rings. The molecule has 10 atom stereocenters. The summed E-state index contributed by atoms with van der Waals surface area (Å²) in [5, 5.41) is 21.2. The van der Waals surface area contributed by atoms with Gasteiger partial charge < -0.3 is 24.6 Å². The van der Waals surface area contributed by atoms with Crippen molar-refractivity contribution in [1.82, 2.24) is 4.90 Å². The fourth-order valence-corrected chi connectivity index (χ4v) is 6.84. The smallest absolute Gasteiger partial charge is 0.0864 e. The maximum atomic E-state index is 10.7. The Kier molecular flexibility index (Phi) is 4.67. The molecule has 1 saturated heterocycles. The van der Waals surface area contributed by atoms with E-state index in [9.17, 15) is 10.2 Å². The monoisotopic (exact) mass is 339 g/mol. The second-order valence-corrected chi connectivity index (χ2v) is 8.73. The number of nitrogens with zero attached hydrogens (tertiary/aromatic N) is 1. The lowest BCUT2D eigenvalue weighted by molar-refractivity contribution is -0.200. The van der Waals surface area contributed by atoms with Crippen molar-refractivity contribution in [3.8, 4) is 0 Å². The number of aliphatic hydroxyl groups excluding tert-OH is 2. The van der Waals surface area contributed by atoms with Crippen molar-refractivity contribution in [2.24, 2.45) is 29.6 Å². The van der Waals surface area contributed by atoms with Crippen LogP contribution in [0.4, 0.5) is 0 Å². The molecular formula is C19H33NO4. The third-order valence-electron chi connectivity index (χ3n) is 7.85. The maximum Gasteiger partial charge on any atom is 0.0864 e. The molecule has 3 saturated carbocycles. The number of fused-ring (bicyclic) bond motifs is 2. The highest BCUT2D eigenvalue weighted by molar-refractivity contribution is 5.09. The highest BCUT2D eigenvalue weighted by Gasteiger charge is 2.58. The molecule has 4 aliphatic rings. The lowest BCUT2D eigenvalue weighted by atomic mass is 9.50. The number of likely N-dealkylation sites (tertiary alicyclic amines) is 1. The van der Waals surface area contributed by atoms with E-state index in [-0.39, 0.29) is 24.4 Å². The average molecular weight is 339 g/mol. The minimum atomic E-state index is -0.355. The van der Waals surface area contributed by atoms with Crippen molar-refractivity contribution in [3.63, 3.8) is 0 Å². The van der Waals surface area contributed by atoms with Crippen LogP contribution in [0.15, 0.2) is 0 Å². The number of piperidine rings is 1. The van der Waals surface area contributed by atoms with Crippen LogP contribution in [0.25, 0.3) is 0 Å². The predicted octanol–water partition coefficient (Wildman–Crippen LogP) is 1.12. The molecule has 24 heavy (non-hydrogen) atoms. The van der Waals surface area contributed by atoms with E-state index in [0.717, 1.165) is 25.8 Å². The van der Waals surface area contributed by atoms with Crippen LogP contribution in [0.2, 0.25) is 0 Å². The maximum absolute atomic E-state index is 10.7. The Morgan fingerprint density at radius 3 is 2.33 bits per heavy atom. The summed E-state index contributed by atoms with van der Waals surface area (Å²) in [5.41, 5.74) is 0. The van der Waals surface area contributed by atoms with Gasteiger partial charge in [-0.15, -0.1) is 0 Å². The van der Waals surface area contributed by atoms with Gasteiger partial charge >= 0.3 is 0 Å². The van der Waals surface area contributed by atoms with Crippen LogP contribution in [0, 0.1) is 29.6 Å². The topological polar surface area (TPSA) is 62.2 Å². The average Bonchev–Trinajstić information content (AvgIpc) is 2.57. The summed E-state index contributed by atoms with van der Waals surface area (Å²) in [6, 6.07) is 0.575. The summed E-state index contributed by atoms with van der Waals surface area (Å²) < 4.78 is 11.4. The van der Waals surface area contributed by atoms with E-state index < -0.39 is 0 Å². The summed E-state index contributed by atoms with van der Waals surface area (Å²) in [4.78, 5) is 2.53. The van der Waals surface area contributed by atoms with Gasteiger partial charge in [-0.25, -0.2) is 0 Å². The van der Waals surface area contributed by atoms with E-state index in [0.29, 0.717) is 35.6 Å². The Labute approximate surface area is 145 Å². The summed E-state index contributed by atoms with van der Waals surface area (Å²) >= 11 is 0. The molecule has 0 bridgehead atoms. The van der Waals surface area contributed by atoms with Crippen LogP contribution in [0.5, 0.6) is 0 Å². The Balaban J connectivity index is 1.69. The fraction of sp³-hybridized carbons (Fsp3) is 1.00. The largest absolute Gasteiger partial charge is 0.390 e. The second-order valence-electron chi connectivity index (χ2n) is 8.73. The molecule has 0 spiro atoms. The van der Waals surface area contributed by atoms with Crippen molar-refractivity contribution in [3.05, 3.63) is 0 Å². The Morgan fingerprint density at radius 1 is 0.875 bits per heavy atom. The van der Waals surface area contributed by atoms with Gasteiger partial charge in [-0.3, -0.25) is 0 Å². The number of ether oxygens (including phenoxy) is 2. The SMILES string of the molecule is COC1CC2C(CC1O)CC1C3C(CCN1C)CC(O)C(OC)C23. The van der Waals surface area contributed by atoms with Gasteiger partial charge in [-0.2, -0.15) is 0 Å². The molecule has 1 aliphatic heterocycles. The van der Waals surface area contributed by atoms with Gasteiger partial charge in [0.2, 0.25) is 0 Å². The van der Waals surface area contributed by atoms with Gasteiger partial charge in [0.25, 0.3) is 0 Å². The first kappa shape index (κ1) is 17.2. The van der Waals surface area contributed by atoms with E-state index in [1.165, 1.54) is 12.8 Å². The fourth-order valence-electron chi connectivity index (χ4n) is 6.84. The lowest BCUT2D eigenvalue weighted by Crippen LogP contribution is -2.65. The molecule has 4 fully saturated rings. The van der Waals surface area contributed by atoms with Crippen LogP contribution < -0.4 is 0 Å². The molecular weight excluding hydrogens is 306 g/mol. The number of hydrogen-bond acceptors (Lipinski definition) is 5. The molecule has 2 N–H and O–H groups in total. The second kappa shape index (κ2) is 6.51. The highest BCUT2D eigenvalue weighted by Crippen LogP contribution is 2.56. The Hall–Kier alpha value is -0.200. The number of rotatable bonds is 2. The van der Waals surface area contributed by atoms with E-state index >= 15 is 0 Å². The predicted molar refractivity (Wildman–Crippen MR) is 90.6 cm³/mol. The van der Waals surface area contributed by atoms with E-state index in [2.05, 4.69) is 11.9 Å². The van der Waals surface area contributed by atoms with Gasteiger partial charge in [-0.05, 0) is 75.3 Å². The van der Waals surface area contributed by atoms with Crippen LogP contribution in [-0.2, 0) is 9.47 Å². The van der Waals surface area contributed by atoms with Crippen LogP contribution >= 0.6 is 0 Å². The van der Waals surface area contributed by atoms with Crippen LogP contribution in [0.3, 0.4) is 0 Å². The van der Waals surface area contributed by atoms with Crippen LogP contribution in [0.1, 0.15) is 32.1 Å². The van der Waals surface area contributed by atoms with Crippen molar-refractivity contribution in [1.29, 1.82) is 0 Å². The molecule has 5 nitrogen and oxygen atoms in total. The molecule has 0 radical (unpaired) electrons. The zero-order valence-corrected chi connectivity index (χ0v) is 15.2. The summed E-state index contributed by atoms with van der Waals surface area (Å²) in [6.07, 6.45) is 4.14. The summed E-state index contributed by atoms with van der Waals surface area (Å²) in [7, 11) is 5.72. The molecule has 3 aliphatic carbocycles. The van der Waals surface area contributed by atoms with Gasteiger partial charge in [0.15, 0.2) is 0 Å². The summed E-state index contributed by atoms with van der Waals surface area (Å²) in [6.45, 7) is 1.13. The summed E-state index contributed by atoms with van der Waals surface area (Å²) in [5.74, 6) is 2.63. The highest BCUT2D eigenvalue weighted by atomic mass is 16.5. The molecule has 138 valence electrons. The molecule has 0 aromatic heterocycles. The van der Waals surface area contributed by atoms with Crippen molar-refractivity contribution in [2.45, 2.75) is 62.6 Å². The zero-order chi connectivity index (χ0) is 17.0. The number of methoxy groups -OCH3 is 2. The minimum absolute atomic E-state index is 0.0687. The Morgan fingerprint density at radius 2 is 1.62 bits per heavy atom. The zero-order valence-electron chi connectivity index (χ0n) is 15.2.